The van der Waals surface area contributed by atoms with Gasteiger partial charge >= 0.3 is 0 Å². The van der Waals surface area contributed by atoms with Crippen molar-refractivity contribution in [2.45, 2.75) is 32.4 Å². The summed E-state index contributed by atoms with van der Waals surface area (Å²) in [6.07, 6.45) is 3.22. The van der Waals surface area contributed by atoms with E-state index >= 15 is 0 Å². The van der Waals surface area contributed by atoms with Crippen LogP contribution in [0, 0.1) is 0 Å². The maximum Gasteiger partial charge on any atom is 0.261 e. The summed E-state index contributed by atoms with van der Waals surface area (Å²) >= 11 is 5.14. The highest BCUT2D eigenvalue weighted by atomic mass is 79.9. The van der Waals surface area contributed by atoms with E-state index in [9.17, 15) is 9.59 Å². The fourth-order valence-electron chi connectivity index (χ4n) is 3.62. The number of thiophene rings is 1. The van der Waals surface area contributed by atoms with Gasteiger partial charge in [-0.2, -0.15) is 0 Å². The number of hydrogen-bond acceptors (Lipinski definition) is 4. The maximum atomic E-state index is 13.0. The molecular formula is C19H18BrN3O2S. The molecule has 0 saturated heterocycles. The van der Waals surface area contributed by atoms with Gasteiger partial charge in [-0.25, -0.2) is 4.98 Å². The first kappa shape index (κ1) is 17.4. The lowest BCUT2D eigenvalue weighted by Gasteiger charge is -2.35. The molecule has 1 unspecified atom stereocenters. The van der Waals surface area contributed by atoms with Crippen LogP contribution in [0.2, 0.25) is 0 Å². The minimum absolute atomic E-state index is 0.0181. The molecule has 134 valence electrons. The van der Waals surface area contributed by atoms with Crippen LogP contribution in [0.3, 0.4) is 0 Å². The maximum absolute atomic E-state index is 13.0. The number of nitrogens with zero attached hydrogens (tertiary/aromatic N) is 3. The molecule has 1 aliphatic rings. The monoisotopic (exact) mass is 431 g/mol. The molecule has 2 aromatic heterocycles. The molecule has 0 saturated carbocycles. The van der Waals surface area contributed by atoms with Crippen LogP contribution in [0.15, 0.2) is 45.2 Å². The number of amides is 1. The normalized spacial score (nSPS) is 16.7. The molecule has 0 aliphatic carbocycles. The van der Waals surface area contributed by atoms with Crippen molar-refractivity contribution >= 4 is 44.1 Å². The summed E-state index contributed by atoms with van der Waals surface area (Å²) in [5, 5.41) is 2.61. The predicted octanol–water partition coefficient (Wildman–Crippen LogP) is 3.76. The van der Waals surface area contributed by atoms with Gasteiger partial charge in [0.15, 0.2) is 0 Å². The fourth-order valence-corrected chi connectivity index (χ4v) is 4.90. The molecule has 1 aliphatic heterocycles. The number of fused-ring (bicyclic) bond motifs is 2. The van der Waals surface area contributed by atoms with Gasteiger partial charge in [-0.3, -0.25) is 14.2 Å². The van der Waals surface area contributed by atoms with Gasteiger partial charge in [0.2, 0.25) is 5.91 Å². The van der Waals surface area contributed by atoms with E-state index in [0.29, 0.717) is 17.4 Å². The van der Waals surface area contributed by atoms with Crippen molar-refractivity contribution < 1.29 is 4.79 Å². The van der Waals surface area contributed by atoms with Crippen molar-refractivity contribution in [3.8, 4) is 0 Å². The predicted molar refractivity (Wildman–Crippen MR) is 106 cm³/mol. The van der Waals surface area contributed by atoms with Gasteiger partial charge in [0.05, 0.1) is 23.3 Å². The minimum Gasteiger partial charge on any atom is -0.334 e. The van der Waals surface area contributed by atoms with Crippen LogP contribution >= 0.6 is 27.3 Å². The number of hydrogen-bond donors (Lipinski definition) is 0. The molecule has 4 rings (SSSR count). The van der Waals surface area contributed by atoms with E-state index in [4.69, 9.17) is 0 Å². The van der Waals surface area contributed by atoms with Gasteiger partial charge in [-0.1, -0.05) is 22.9 Å². The second-order valence-corrected chi connectivity index (χ2v) is 8.32. The molecule has 26 heavy (non-hydrogen) atoms. The Morgan fingerprint density at radius 1 is 1.38 bits per heavy atom. The largest absolute Gasteiger partial charge is 0.334 e. The minimum atomic E-state index is -0.189. The Hall–Kier alpha value is -1.99. The van der Waals surface area contributed by atoms with Crippen molar-refractivity contribution in [3.63, 3.8) is 0 Å². The average molecular weight is 432 g/mol. The number of benzene rings is 1. The molecule has 1 aromatic carbocycles. The van der Waals surface area contributed by atoms with E-state index in [0.717, 1.165) is 17.3 Å². The van der Waals surface area contributed by atoms with E-state index in [1.54, 1.807) is 23.5 Å². The lowest BCUT2D eigenvalue weighted by Crippen LogP contribution is -2.42. The van der Waals surface area contributed by atoms with E-state index in [-0.39, 0.29) is 24.1 Å². The van der Waals surface area contributed by atoms with Gasteiger partial charge in [0, 0.05) is 15.9 Å². The molecule has 0 spiro atoms. The average Bonchev–Trinajstić information content (AvgIpc) is 3.12. The standard InChI is InChI=1S/C19H18BrN3O2S/c1-2-16-13-6-8-26-17(13)5-7-23(16)18(24)10-22-11-21-15-4-3-12(20)9-14(15)19(22)25/h3-4,6,8-9,11,16H,2,5,7,10H2,1H3. The van der Waals surface area contributed by atoms with E-state index in [2.05, 4.69) is 39.3 Å². The van der Waals surface area contributed by atoms with Crippen molar-refractivity contribution in [2.75, 3.05) is 6.54 Å². The first-order chi connectivity index (χ1) is 12.6. The topological polar surface area (TPSA) is 55.2 Å². The van der Waals surface area contributed by atoms with Gasteiger partial charge in [0.25, 0.3) is 5.56 Å². The van der Waals surface area contributed by atoms with Crippen molar-refractivity contribution in [2.24, 2.45) is 0 Å². The van der Waals surface area contributed by atoms with Crippen LogP contribution in [-0.4, -0.2) is 26.9 Å². The zero-order valence-corrected chi connectivity index (χ0v) is 16.7. The van der Waals surface area contributed by atoms with E-state index in [1.807, 2.05) is 11.0 Å². The van der Waals surface area contributed by atoms with Crippen molar-refractivity contribution in [3.05, 3.63) is 61.2 Å². The number of aromatic nitrogens is 2. The number of carbonyl (C=O) groups is 1. The summed E-state index contributed by atoms with van der Waals surface area (Å²) in [4.78, 5) is 33.3. The van der Waals surface area contributed by atoms with E-state index < -0.39 is 0 Å². The molecule has 0 radical (unpaired) electrons. The van der Waals surface area contributed by atoms with E-state index in [1.165, 1.54) is 21.3 Å². The summed E-state index contributed by atoms with van der Waals surface area (Å²) in [6.45, 7) is 2.81. The number of rotatable bonds is 3. The van der Waals surface area contributed by atoms with Gasteiger partial charge in [-0.15, -0.1) is 11.3 Å². The first-order valence-corrected chi connectivity index (χ1v) is 10.3. The molecule has 5 nitrogen and oxygen atoms in total. The second-order valence-electron chi connectivity index (χ2n) is 6.40. The lowest BCUT2D eigenvalue weighted by atomic mass is 9.98. The molecular weight excluding hydrogens is 414 g/mol. The Labute approximate surface area is 163 Å². The summed E-state index contributed by atoms with van der Waals surface area (Å²) in [5.41, 5.74) is 1.70. The zero-order chi connectivity index (χ0) is 18.3. The highest BCUT2D eigenvalue weighted by Gasteiger charge is 2.30. The molecule has 1 amide bonds. The molecule has 7 heteroatoms. The highest BCUT2D eigenvalue weighted by Crippen LogP contribution is 2.35. The van der Waals surface area contributed by atoms with Crippen LogP contribution in [0.25, 0.3) is 10.9 Å². The Balaban J connectivity index is 1.63. The lowest BCUT2D eigenvalue weighted by molar-refractivity contribution is -0.134. The smallest absolute Gasteiger partial charge is 0.261 e. The Bertz CT molecular complexity index is 1040. The fraction of sp³-hybridized carbons (Fsp3) is 0.316. The third-order valence-electron chi connectivity index (χ3n) is 4.89. The highest BCUT2D eigenvalue weighted by molar-refractivity contribution is 9.10. The summed E-state index contributed by atoms with van der Waals surface area (Å²) in [5.74, 6) is -0.0352. The quantitative estimate of drug-likeness (QED) is 0.634. The molecule has 0 fully saturated rings. The number of carbonyl (C=O) groups excluding carboxylic acids is 1. The summed E-state index contributed by atoms with van der Waals surface area (Å²) in [6, 6.07) is 7.61. The van der Waals surface area contributed by atoms with Crippen LogP contribution < -0.4 is 5.56 Å². The second kappa shape index (κ2) is 6.96. The van der Waals surface area contributed by atoms with Crippen molar-refractivity contribution in [1.82, 2.24) is 14.5 Å². The third-order valence-corrected chi connectivity index (χ3v) is 6.38. The van der Waals surface area contributed by atoms with Gasteiger partial charge < -0.3 is 4.90 Å². The Morgan fingerprint density at radius 2 is 2.23 bits per heavy atom. The first-order valence-electron chi connectivity index (χ1n) is 8.59. The van der Waals surface area contributed by atoms with Gasteiger partial charge in [0.1, 0.15) is 6.54 Å². The zero-order valence-electron chi connectivity index (χ0n) is 14.3. The Morgan fingerprint density at radius 3 is 3.04 bits per heavy atom. The van der Waals surface area contributed by atoms with Crippen LogP contribution in [0.1, 0.15) is 29.8 Å². The summed E-state index contributed by atoms with van der Waals surface area (Å²) < 4.78 is 2.23. The summed E-state index contributed by atoms with van der Waals surface area (Å²) in [7, 11) is 0. The van der Waals surface area contributed by atoms with Crippen LogP contribution in [0.4, 0.5) is 0 Å². The van der Waals surface area contributed by atoms with Gasteiger partial charge in [-0.05, 0) is 48.1 Å². The van der Waals surface area contributed by atoms with Crippen molar-refractivity contribution in [1.29, 1.82) is 0 Å². The Kier molecular flexibility index (Phi) is 4.67. The molecule has 0 bridgehead atoms. The molecule has 1 atom stereocenters. The molecule has 3 aromatic rings. The number of halogens is 1. The molecule has 0 N–H and O–H groups in total. The SMILES string of the molecule is CCC1c2ccsc2CCN1C(=O)Cn1cnc2ccc(Br)cc2c1=O. The molecule has 3 heterocycles. The van der Waals surface area contributed by atoms with Crippen LogP contribution in [-0.2, 0) is 17.8 Å². The third kappa shape index (κ3) is 2.99. The van der Waals surface area contributed by atoms with Crippen LogP contribution in [0.5, 0.6) is 0 Å².